The number of aryl methyl sites for hydroxylation is 2. The van der Waals surface area contributed by atoms with Crippen LogP contribution in [0, 0.1) is 13.8 Å². The van der Waals surface area contributed by atoms with Crippen molar-refractivity contribution in [2.45, 2.75) is 66.0 Å². The van der Waals surface area contributed by atoms with Crippen molar-refractivity contribution in [2.75, 3.05) is 0 Å². The Bertz CT molecular complexity index is 1590. The molecule has 0 unspecified atom stereocenters. The van der Waals surface area contributed by atoms with Gasteiger partial charge in [-0.25, -0.2) is 0 Å². The highest BCUT2D eigenvalue weighted by atomic mass is 16.6. The van der Waals surface area contributed by atoms with Crippen LogP contribution in [0.5, 0.6) is 34.5 Å². The van der Waals surface area contributed by atoms with Gasteiger partial charge < -0.3 is 40.1 Å². The van der Waals surface area contributed by atoms with Gasteiger partial charge in [0.1, 0.15) is 11.5 Å². The first-order valence-corrected chi connectivity index (χ1v) is 12.7. The van der Waals surface area contributed by atoms with Crippen LogP contribution in [0.15, 0.2) is 12.1 Å². The summed E-state index contributed by atoms with van der Waals surface area (Å²) in [6, 6.07) is 3.79. The predicted molar refractivity (Wildman–Crippen MR) is 142 cm³/mol. The Balaban J connectivity index is 1.79. The van der Waals surface area contributed by atoms with Gasteiger partial charge >= 0.3 is 0 Å². The summed E-state index contributed by atoms with van der Waals surface area (Å²) in [5.74, 6) is -0.990. The first-order valence-electron chi connectivity index (χ1n) is 12.7. The van der Waals surface area contributed by atoms with E-state index in [1.54, 1.807) is 0 Å². The molecule has 2 aliphatic heterocycles. The third-order valence-corrected chi connectivity index (χ3v) is 7.90. The Hall–Kier alpha value is -3.88. The minimum atomic E-state index is -1.50. The van der Waals surface area contributed by atoms with E-state index in [-0.39, 0.29) is 34.5 Å². The Morgan fingerprint density at radius 2 is 0.947 bits per heavy atom. The third-order valence-electron chi connectivity index (χ3n) is 7.90. The SMILES string of the molecule is Cc1cc2c(C(C)C)c(O)c(O)c3c2c(c1-c1c(C)cc2c(C(C)C)c(O)c(O)c4c2c1O[C@@H]4O)O[C@@H]3O. The quantitative estimate of drug-likeness (QED) is 0.179. The van der Waals surface area contributed by atoms with Crippen LogP contribution in [0.2, 0.25) is 0 Å². The smallest absolute Gasteiger partial charge is 0.228 e. The van der Waals surface area contributed by atoms with E-state index in [4.69, 9.17) is 9.47 Å². The number of benzene rings is 4. The lowest BCUT2D eigenvalue weighted by Crippen LogP contribution is -2.02. The van der Waals surface area contributed by atoms with Crippen LogP contribution in [0.25, 0.3) is 32.7 Å². The van der Waals surface area contributed by atoms with E-state index >= 15 is 0 Å². The second kappa shape index (κ2) is 7.82. The molecule has 4 aromatic carbocycles. The molecule has 8 heteroatoms. The van der Waals surface area contributed by atoms with Crippen LogP contribution in [0.3, 0.4) is 0 Å². The maximum atomic E-state index is 10.8. The predicted octanol–water partition coefficient (Wildman–Crippen LogP) is 6.11. The van der Waals surface area contributed by atoms with Gasteiger partial charge in [0.2, 0.25) is 12.6 Å². The van der Waals surface area contributed by atoms with E-state index in [9.17, 15) is 30.6 Å². The molecule has 0 aromatic heterocycles. The first-order chi connectivity index (χ1) is 17.9. The van der Waals surface area contributed by atoms with Gasteiger partial charge in [0.15, 0.2) is 23.0 Å². The minimum absolute atomic E-state index is 0.0966. The lowest BCUT2D eigenvalue weighted by Gasteiger charge is -2.21. The van der Waals surface area contributed by atoms with E-state index in [1.165, 1.54) is 0 Å². The highest BCUT2D eigenvalue weighted by Gasteiger charge is 2.39. The fraction of sp³-hybridized carbons (Fsp3) is 0.333. The van der Waals surface area contributed by atoms with Crippen LogP contribution >= 0.6 is 0 Å². The van der Waals surface area contributed by atoms with Crippen molar-refractivity contribution in [3.05, 3.63) is 45.5 Å². The molecule has 0 bridgehead atoms. The second-order valence-corrected chi connectivity index (χ2v) is 10.9. The molecule has 8 nitrogen and oxygen atoms in total. The van der Waals surface area contributed by atoms with Crippen LogP contribution in [0.1, 0.15) is 85.5 Å². The molecule has 2 atom stereocenters. The molecule has 0 saturated carbocycles. The molecule has 2 aliphatic rings. The number of hydrogen-bond donors (Lipinski definition) is 6. The molecular weight excluding hydrogens is 488 g/mol. The molecule has 0 radical (unpaired) electrons. The summed E-state index contributed by atoms with van der Waals surface area (Å²) in [7, 11) is 0. The van der Waals surface area contributed by atoms with Crippen LogP contribution in [0.4, 0.5) is 0 Å². The number of aromatic hydroxyl groups is 4. The second-order valence-electron chi connectivity index (χ2n) is 10.9. The van der Waals surface area contributed by atoms with Crippen LogP contribution < -0.4 is 9.47 Å². The average molecular weight is 519 g/mol. The Morgan fingerprint density at radius 1 is 0.605 bits per heavy atom. The molecule has 4 aromatic rings. The summed E-state index contributed by atoms with van der Waals surface area (Å²) < 4.78 is 11.9. The molecule has 198 valence electrons. The summed E-state index contributed by atoms with van der Waals surface area (Å²) >= 11 is 0. The van der Waals surface area contributed by atoms with Crippen molar-refractivity contribution in [2.24, 2.45) is 0 Å². The first kappa shape index (κ1) is 24.5. The van der Waals surface area contributed by atoms with Crippen molar-refractivity contribution in [1.29, 1.82) is 0 Å². The minimum Gasteiger partial charge on any atom is -0.504 e. The molecule has 6 rings (SSSR count). The molecule has 38 heavy (non-hydrogen) atoms. The molecule has 0 amide bonds. The number of phenols is 4. The van der Waals surface area contributed by atoms with Gasteiger partial charge in [-0.1, -0.05) is 39.8 Å². The Kier molecular flexibility index (Phi) is 5.03. The van der Waals surface area contributed by atoms with Crippen molar-refractivity contribution in [3.63, 3.8) is 0 Å². The van der Waals surface area contributed by atoms with Gasteiger partial charge in [-0.3, -0.25) is 0 Å². The highest BCUT2D eigenvalue weighted by molar-refractivity contribution is 6.10. The number of phenolic OH excluding ortho intramolecular Hbond substituents is 4. The monoisotopic (exact) mass is 518 g/mol. The number of aliphatic hydroxyl groups is 2. The zero-order chi connectivity index (χ0) is 27.5. The largest absolute Gasteiger partial charge is 0.504 e. The lowest BCUT2D eigenvalue weighted by atomic mass is 9.84. The molecule has 2 heterocycles. The zero-order valence-electron chi connectivity index (χ0n) is 22.0. The van der Waals surface area contributed by atoms with Gasteiger partial charge in [0.25, 0.3) is 0 Å². The van der Waals surface area contributed by atoms with Crippen molar-refractivity contribution in [1.82, 2.24) is 0 Å². The number of ether oxygens (including phenoxy) is 2. The normalized spacial score (nSPS) is 17.7. The van der Waals surface area contributed by atoms with Gasteiger partial charge in [0.05, 0.1) is 11.1 Å². The van der Waals surface area contributed by atoms with E-state index in [0.717, 1.165) is 11.1 Å². The highest BCUT2D eigenvalue weighted by Crippen LogP contribution is 2.60. The summed E-state index contributed by atoms with van der Waals surface area (Å²) in [5, 5.41) is 67.2. The number of aliphatic hydroxyl groups excluding tert-OH is 2. The molecule has 0 aliphatic carbocycles. The summed E-state index contributed by atoms with van der Waals surface area (Å²) in [6.07, 6.45) is -2.99. The standard InChI is InChI=1S/C30H30O8/c1-9(2)15-13-7-11(5)17(27-19(13)21(29(35)37-27)25(33)23(15)31)18-12(6)8-14-16(10(3)4)24(32)26(34)22-20(14)28(18)38-30(22)36/h7-10,29-36H,1-6H3/t29-,30-/m0/s1. The number of hydrogen-bond acceptors (Lipinski definition) is 8. The van der Waals surface area contributed by atoms with Gasteiger partial charge in [-0.15, -0.1) is 0 Å². The van der Waals surface area contributed by atoms with Crippen molar-refractivity contribution >= 4 is 21.5 Å². The fourth-order valence-electron chi connectivity index (χ4n) is 6.38. The summed E-state index contributed by atoms with van der Waals surface area (Å²) in [6.45, 7) is 11.4. The van der Waals surface area contributed by atoms with E-state index in [2.05, 4.69) is 0 Å². The average Bonchev–Trinajstić information content (AvgIpc) is 3.34. The number of rotatable bonds is 3. The van der Waals surface area contributed by atoms with Gasteiger partial charge in [-0.05, 0) is 47.6 Å². The molecular formula is C30H30O8. The maximum absolute atomic E-state index is 10.8. The van der Waals surface area contributed by atoms with Crippen LogP contribution in [-0.2, 0) is 0 Å². The van der Waals surface area contributed by atoms with E-state index < -0.39 is 24.1 Å². The molecule has 6 N–H and O–H groups in total. The fourth-order valence-corrected chi connectivity index (χ4v) is 6.38. The Labute approximate surface area is 218 Å². The Morgan fingerprint density at radius 3 is 1.26 bits per heavy atom. The molecule has 0 saturated heterocycles. The molecule has 0 fully saturated rings. The third kappa shape index (κ3) is 2.87. The topological polar surface area (TPSA) is 140 Å². The summed E-state index contributed by atoms with van der Waals surface area (Å²) in [4.78, 5) is 0. The van der Waals surface area contributed by atoms with Gasteiger partial charge in [-0.2, -0.15) is 0 Å². The maximum Gasteiger partial charge on any atom is 0.228 e. The van der Waals surface area contributed by atoms with Crippen molar-refractivity contribution < 1.29 is 40.1 Å². The van der Waals surface area contributed by atoms with E-state index in [0.29, 0.717) is 55.3 Å². The van der Waals surface area contributed by atoms with E-state index in [1.807, 2.05) is 53.7 Å². The van der Waals surface area contributed by atoms with Gasteiger partial charge in [0, 0.05) is 33.0 Å². The lowest BCUT2D eigenvalue weighted by molar-refractivity contribution is -0.0116. The van der Waals surface area contributed by atoms with Crippen LogP contribution in [-0.4, -0.2) is 30.6 Å². The zero-order valence-corrected chi connectivity index (χ0v) is 22.0. The summed E-state index contributed by atoms with van der Waals surface area (Å²) in [5.41, 5.74) is 4.01. The van der Waals surface area contributed by atoms with Crippen molar-refractivity contribution in [3.8, 4) is 45.6 Å². The molecule has 0 spiro atoms.